The van der Waals surface area contributed by atoms with E-state index in [0.29, 0.717) is 25.9 Å². The number of hydrogen-bond acceptors (Lipinski definition) is 5. The minimum absolute atomic E-state index is 0.0297. The average Bonchev–Trinajstić information content (AvgIpc) is 3.36. The zero-order valence-corrected chi connectivity index (χ0v) is 47.0. The number of ether oxygens (including phenoxy) is 1. The van der Waals surface area contributed by atoms with Crippen molar-refractivity contribution in [3.63, 3.8) is 0 Å². The molecular formula is C64H121NO5. The van der Waals surface area contributed by atoms with Crippen molar-refractivity contribution in [2.75, 3.05) is 13.2 Å². The lowest BCUT2D eigenvalue weighted by Crippen LogP contribution is -2.45. The van der Waals surface area contributed by atoms with E-state index in [9.17, 15) is 19.8 Å². The van der Waals surface area contributed by atoms with Gasteiger partial charge >= 0.3 is 5.97 Å². The van der Waals surface area contributed by atoms with E-state index in [1.807, 2.05) is 0 Å². The van der Waals surface area contributed by atoms with Crippen molar-refractivity contribution in [2.45, 2.75) is 347 Å². The molecule has 412 valence electrons. The summed E-state index contributed by atoms with van der Waals surface area (Å²) in [5.41, 5.74) is 0. The quantitative estimate of drug-likeness (QED) is 0.0321. The van der Waals surface area contributed by atoms with E-state index in [2.05, 4.69) is 55.6 Å². The molecule has 0 radical (unpaired) electrons. The van der Waals surface area contributed by atoms with Crippen molar-refractivity contribution in [3.05, 3.63) is 36.5 Å². The number of amides is 1. The largest absolute Gasteiger partial charge is 0.466 e. The number of hydrogen-bond donors (Lipinski definition) is 3. The number of carbonyl (C=O) groups is 2. The van der Waals surface area contributed by atoms with Gasteiger partial charge in [-0.05, 0) is 89.9 Å². The second kappa shape index (κ2) is 59.6. The van der Waals surface area contributed by atoms with E-state index in [1.54, 1.807) is 0 Å². The molecule has 0 heterocycles. The van der Waals surface area contributed by atoms with E-state index < -0.39 is 12.1 Å². The molecule has 0 aromatic rings. The van der Waals surface area contributed by atoms with Crippen LogP contribution >= 0.6 is 0 Å². The van der Waals surface area contributed by atoms with Gasteiger partial charge in [-0.15, -0.1) is 0 Å². The Balaban J connectivity index is 3.49. The lowest BCUT2D eigenvalue weighted by molar-refractivity contribution is -0.143. The minimum Gasteiger partial charge on any atom is -0.466 e. The normalized spacial score (nSPS) is 12.8. The highest BCUT2D eigenvalue weighted by molar-refractivity contribution is 5.76. The van der Waals surface area contributed by atoms with Gasteiger partial charge in [0.1, 0.15) is 0 Å². The highest BCUT2D eigenvalue weighted by Crippen LogP contribution is 2.18. The number of aliphatic hydroxyl groups excluding tert-OH is 2. The van der Waals surface area contributed by atoms with E-state index in [-0.39, 0.29) is 18.5 Å². The Morgan fingerprint density at radius 1 is 0.400 bits per heavy atom. The smallest absolute Gasteiger partial charge is 0.305 e. The highest BCUT2D eigenvalue weighted by Gasteiger charge is 2.20. The van der Waals surface area contributed by atoms with Crippen LogP contribution in [0, 0.1) is 0 Å². The number of allylic oxidation sites excluding steroid dienone is 6. The summed E-state index contributed by atoms with van der Waals surface area (Å²) in [6, 6.07) is -0.563. The second-order valence-corrected chi connectivity index (χ2v) is 21.4. The zero-order chi connectivity index (χ0) is 50.7. The maximum absolute atomic E-state index is 12.5. The first-order valence-electron chi connectivity index (χ1n) is 31.2. The molecule has 2 atom stereocenters. The van der Waals surface area contributed by atoms with Crippen molar-refractivity contribution >= 4 is 11.9 Å². The number of rotatable bonds is 58. The third kappa shape index (κ3) is 55.4. The number of aliphatic hydroxyl groups is 2. The first-order valence-corrected chi connectivity index (χ1v) is 31.2. The highest BCUT2D eigenvalue weighted by atomic mass is 16.5. The second-order valence-electron chi connectivity index (χ2n) is 21.4. The molecule has 6 nitrogen and oxygen atoms in total. The third-order valence-corrected chi connectivity index (χ3v) is 14.4. The predicted octanol–water partition coefficient (Wildman–Crippen LogP) is 19.6. The van der Waals surface area contributed by atoms with Gasteiger partial charge in [-0.2, -0.15) is 0 Å². The van der Waals surface area contributed by atoms with Gasteiger partial charge in [0.2, 0.25) is 5.91 Å². The number of esters is 1. The monoisotopic (exact) mass is 984 g/mol. The Morgan fingerprint density at radius 2 is 0.714 bits per heavy atom. The van der Waals surface area contributed by atoms with Crippen molar-refractivity contribution in [3.8, 4) is 0 Å². The first kappa shape index (κ1) is 68.1. The fourth-order valence-electron chi connectivity index (χ4n) is 9.61. The number of carbonyl (C=O) groups excluding carboxylic acids is 2. The number of nitrogens with one attached hydrogen (secondary N) is 1. The van der Waals surface area contributed by atoms with Crippen molar-refractivity contribution in [1.82, 2.24) is 5.32 Å². The van der Waals surface area contributed by atoms with Crippen LogP contribution in [0.4, 0.5) is 0 Å². The van der Waals surface area contributed by atoms with Gasteiger partial charge in [0.15, 0.2) is 0 Å². The van der Waals surface area contributed by atoms with Gasteiger partial charge < -0.3 is 20.3 Å². The van der Waals surface area contributed by atoms with Crippen molar-refractivity contribution in [2.24, 2.45) is 0 Å². The molecule has 0 saturated carbocycles. The van der Waals surface area contributed by atoms with Crippen LogP contribution in [0.3, 0.4) is 0 Å². The molecule has 0 rings (SSSR count). The Morgan fingerprint density at radius 3 is 1.13 bits per heavy atom. The molecule has 0 aliphatic heterocycles. The molecule has 0 saturated heterocycles. The van der Waals surface area contributed by atoms with Crippen LogP contribution < -0.4 is 5.32 Å². The van der Waals surface area contributed by atoms with Crippen LogP contribution in [0.2, 0.25) is 0 Å². The molecule has 0 bridgehead atoms. The molecule has 0 aliphatic rings. The third-order valence-electron chi connectivity index (χ3n) is 14.4. The summed E-state index contributed by atoms with van der Waals surface area (Å²) in [4.78, 5) is 24.6. The first-order chi connectivity index (χ1) is 34.5. The van der Waals surface area contributed by atoms with Crippen LogP contribution in [0.1, 0.15) is 335 Å². The van der Waals surface area contributed by atoms with Crippen molar-refractivity contribution in [1.29, 1.82) is 0 Å². The van der Waals surface area contributed by atoms with E-state index >= 15 is 0 Å². The Bertz CT molecular complexity index is 1130. The van der Waals surface area contributed by atoms with Crippen LogP contribution in [0.25, 0.3) is 0 Å². The maximum atomic E-state index is 12.5. The molecule has 1 amide bonds. The van der Waals surface area contributed by atoms with E-state index in [1.165, 1.54) is 218 Å². The Labute approximate surface area is 436 Å². The standard InChI is InChI=1S/C64H121NO5/c1-3-5-7-9-11-13-15-17-19-21-22-23-24-25-26-27-29-30-32-36-40-44-48-52-56-62(67)61(60-66)65-63(68)57-53-49-45-41-37-34-35-39-43-47-51-55-59-70-64(69)58-54-50-46-42-38-33-31-28-20-18-16-14-12-10-8-6-4-2/h12,14,18,20,35,39,61-62,66-67H,3-11,13,15-17,19,21-34,36-38,40-60H2,1-2H3,(H,65,68)/b14-12-,20-18-,39-35-. The molecule has 0 aliphatic carbocycles. The molecule has 0 aromatic heterocycles. The van der Waals surface area contributed by atoms with Gasteiger partial charge in [-0.25, -0.2) is 0 Å². The van der Waals surface area contributed by atoms with E-state index in [0.717, 1.165) is 83.5 Å². The van der Waals surface area contributed by atoms with Gasteiger partial charge in [0, 0.05) is 12.8 Å². The van der Waals surface area contributed by atoms with Crippen LogP contribution in [0.15, 0.2) is 36.5 Å². The summed E-state index contributed by atoms with van der Waals surface area (Å²) in [5.74, 6) is -0.0881. The summed E-state index contributed by atoms with van der Waals surface area (Å²) in [6.07, 6.45) is 74.3. The SMILES string of the molecule is CCCCC/C=C\C/C=C\CCCCCCCCCC(=O)OCCCCC/C=C\CCCCCCCC(=O)NC(CO)C(O)CCCCCCCCCCCCCCCCCCCCCCCCCC. The Hall–Kier alpha value is -1.92. The molecule has 6 heteroatoms. The van der Waals surface area contributed by atoms with Gasteiger partial charge in [0.25, 0.3) is 0 Å². The van der Waals surface area contributed by atoms with Gasteiger partial charge in [-0.1, -0.05) is 269 Å². The fraction of sp³-hybridized carbons (Fsp3) is 0.875. The maximum Gasteiger partial charge on any atom is 0.305 e. The van der Waals surface area contributed by atoms with Gasteiger partial charge in [0.05, 0.1) is 25.4 Å². The van der Waals surface area contributed by atoms with Crippen LogP contribution in [-0.4, -0.2) is 47.4 Å². The topological polar surface area (TPSA) is 95.9 Å². The molecule has 70 heavy (non-hydrogen) atoms. The summed E-state index contributed by atoms with van der Waals surface area (Å²) in [5, 5.41) is 23.4. The average molecular weight is 985 g/mol. The number of unbranched alkanes of at least 4 members (excludes halogenated alkanes) is 41. The minimum atomic E-state index is -0.683. The van der Waals surface area contributed by atoms with Crippen molar-refractivity contribution < 1.29 is 24.5 Å². The van der Waals surface area contributed by atoms with E-state index in [4.69, 9.17) is 4.74 Å². The lowest BCUT2D eigenvalue weighted by Gasteiger charge is -2.22. The lowest BCUT2D eigenvalue weighted by atomic mass is 10.0. The van der Waals surface area contributed by atoms with Crippen LogP contribution in [0.5, 0.6) is 0 Å². The summed E-state index contributed by atoms with van der Waals surface area (Å²) < 4.78 is 5.46. The summed E-state index contributed by atoms with van der Waals surface area (Å²) in [7, 11) is 0. The molecule has 0 aromatic carbocycles. The fourth-order valence-corrected chi connectivity index (χ4v) is 9.61. The molecule has 0 fully saturated rings. The molecule has 0 spiro atoms. The van der Waals surface area contributed by atoms with Crippen LogP contribution in [-0.2, 0) is 14.3 Å². The summed E-state index contributed by atoms with van der Waals surface area (Å²) >= 11 is 0. The summed E-state index contributed by atoms with van der Waals surface area (Å²) in [6.45, 7) is 4.89. The predicted molar refractivity (Wildman–Crippen MR) is 306 cm³/mol. The molecule has 3 N–H and O–H groups in total. The zero-order valence-electron chi connectivity index (χ0n) is 47.0. The van der Waals surface area contributed by atoms with Gasteiger partial charge in [-0.3, -0.25) is 9.59 Å². The molecular weight excluding hydrogens is 863 g/mol. The Kier molecular flexibility index (Phi) is 58.0. The molecule has 2 unspecified atom stereocenters.